The Bertz CT molecular complexity index is 1190. The van der Waals surface area contributed by atoms with Crippen LogP contribution in [0.1, 0.15) is 49.3 Å². The first-order chi connectivity index (χ1) is 18.8. The number of benzene rings is 1. The lowest BCUT2D eigenvalue weighted by Crippen LogP contribution is -2.41. The number of aliphatic hydroxyl groups is 1. The van der Waals surface area contributed by atoms with Gasteiger partial charge in [0.05, 0.1) is 25.2 Å². The molecule has 1 fully saturated rings. The Kier molecular flexibility index (Phi) is 10.4. The van der Waals surface area contributed by atoms with E-state index >= 15 is 0 Å². The number of hydrogen-bond donors (Lipinski definition) is 1. The predicted octanol–water partition coefficient (Wildman–Crippen LogP) is 3.96. The lowest BCUT2D eigenvalue weighted by atomic mass is 9.94. The maximum atomic E-state index is 13.4. The molecule has 0 saturated heterocycles. The summed E-state index contributed by atoms with van der Waals surface area (Å²) in [6.45, 7) is -0.341. The van der Waals surface area contributed by atoms with Crippen LogP contribution in [-0.2, 0) is 24.3 Å². The van der Waals surface area contributed by atoms with Crippen molar-refractivity contribution in [3.63, 3.8) is 0 Å². The number of methoxy groups -OCH3 is 1. The third-order valence-electron chi connectivity index (χ3n) is 7.31. The Morgan fingerprint density at radius 3 is 2.51 bits per heavy atom. The monoisotopic (exact) mass is 578 g/mol. The van der Waals surface area contributed by atoms with Crippen LogP contribution in [0.2, 0.25) is 0 Å². The molecule has 9 nitrogen and oxygen atoms in total. The van der Waals surface area contributed by atoms with Crippen molar-refractivity contribution in [3.05, 3.63) is 58.5 Å². The van der Waals surface area contributed by atoms with Gasteiger partial charge in [0, 0.05) is 43.4 Å². The third-order valence-corrected chi connectivity index (χ3v) is 10.2. The summed E-state index contributed by atoms with van der Waals surface area (Å²) in [5.74, 6) is 0.629. The van der Waals surface area contributed by atoms with Gasteiger partial charge < -0.3 is 24.2 Å². The summed E-state index contributed by atoms with van der Waals surface area (Å²) in [6, 6.07) is 10.3. The van der Waals surface area contributed by atoms with E-state index < -0.39 is 16.3 Å². The number of aliphatic hydroxyl groups excluding tert-OH is 1. The number of thiophene rings is 1. The Morgan fingerprint density at radius 2 is 1.87 bits per heavy atom. The maximum absolute atomic E-state index is 13.4. The summed E-state index contributed by atoms with van der Waals surface area (Å²) in [5.41, 5.74) is 0. The predicted molar refractivity (Wildman–Crippen MR) is 149 cm³/mol. The number of sulfonamides is 1. The van der Waals surface area contributed by atoms with Gasteiger partial charge in [0.2, 0.25) is 16.3 Å². The standard InChI is InChI=1S/C28H38N2O7S2/c1-29(22-7-4-3-5-8-22)28(32)25-19-21(26-9-6-18-38-26)20-27(37-25)36-17-15-30(14-16-31)39(33,34)24-12-10-23(35-2)11-13-24/h6,9-13,18-19,21-22,27,31H,3-5,7-8,14-17,20H2,1-2H3/t21-,27+/m0/s1. The average Bonchev–Trinajstić information content (AvgIpc) is 3.51. The summed E-state index contributed by atoms with van der Waals surface area (Å²) >= 11 is 1.62. The number of likely N-dealkylation sites (N-methyl/N-ethyl adjacent to an activating group) is 1. The molecule has 2 aliphatic rings. The number of ether oxygens (including phenoxy) is 3. The van der Waals surface area contributed by atoms with E-state index in [2.05, 4.69) is 0 Å². The van der Waals surface area contributed by atoms with Crippen LogP contribution in [0.25, 0.3) is 0 Å². The molecule has 1 aliphatic heterocycles. The van der Waals surface area contributed by atoms with Crippen molar-refractivity contribution in [1.29, 1.82) is 0 Å². The van der Waals surface area contributed by atoms with Gasteiger partial charge >= 0.3 is 0 Å². The first-order valence-corrected chi connectivity index (χ1v) is 15.7. The topological polar surface area (TPSA) is 106 Å². The summed E-state index contributed by atoms with van der Waals surface area (Å²) in [7, 11) is -0.510. The molecular weight excluding hydrogens is 540 g/mol. The largest absolute Gasteiger partial charge is 0.497 e. The van der Waals surface area contributed by atoms with Gasteiger partial charge in [0.25, 0.3) is 5.91 Å². The zero-order valence-corrected chi connectivity index (χ0v) is 24.2. The molecule has 1 aromatic heterocycles. The van der Waals surface area contributed by atoms with Crippen molar-refractivity contribution in [2.45, 2.75) is 61.7 Å². The molecule has 0 unspecified atom stereocenters. The fraction of sp³-hybridized carbons (Fsp3) is 0.536. The third kappa shape index (κ3) is 7.40. The van der Waals surface area contributed by atoms with Crippen LogP contribution >= 0.6 is 11.3 Å². The second-order valence-electron chi connectivity index (χ2n) is 9.82. The molecule has 2 aromatic rings. The normalized spacial score (nSPS) is 20.4. The molecule has 214 valence electrons. The van der Waals surface area contributed by atoms with Crippen molar-refractivity contribution in [1.82, 2.24) is 9.21 Å². The van der Waals surface area contributed by atoms with Crippen LogP contribution in [0.15, 0.2) is 58.5 Å². The van der Waals surface area contributed by atoms with Gasteiger partial charge in [-0.25, -0.2) is 8.42 Å². The molecular formula is C28H38N2O7S2. The maximum Gasteiger partial charge on any atom is 0.288 e. The molecule has 4 rings (SSSR count). The van der Waals surface area contributed by atoms with Gasteiger partial charge in [-0.15, -0.1) is 11.3 Å². The van der Waals surface area contributed by atoms with Gasteiger partial charge in [-0.3, -0.25) is 4.79 Å². The molecule has 2 atom stereocenters. The van der Waals surface area contributed by atoms with E-state index in [1.165, 1.54) is 30.0 Å². The van der Waals surface area contributed by atoms with E-state index in [0.29, 0.717) is 12.2 Å². The Labute approximate surface area is 235 Å². The van der Waals surface area contributed by atoms with Crippen molar-refractivity contribution in [3.8, 4) is 5.75 Å². The van der Waals surface area contributed by atoms with Crippen LogP contribution < -0.4 is 4.74 Å². The van der Waals surface area contributed by atoms with Crippen molar-refractivity contribution < 1.29 is 32.5 Å². The van der Waals surface area contributed by atoms with Gasteiger partial charge in [-0.1, -0.05) is 25.3 Å². The number of allylic oxidation sites excluding steroid dienone is 1. The highest BCUT2D eigenvalue weighted by Gasteiger charge is 2.33. The molecule has 0 spiro atoms. The van der Waals surface area contributed by atoms with Crippen LogP contribution in [0.5, 0.6) is 5.75 Å². The molecule has 39 heavy (non-hydrogen) atoms. The minimum Gasteiger partial charge on any atom is -0.497 e. The molecule has 1 amide bonds. The number of hydrogen-bond acceptors (Lipinski definition) is 8. The molecule has 1 N–H and O–H groups in total. The van der Waals surface area contributed by atoms with E-state index in [0.717, 1.165) is 30.6 Å². The van der Waals surface area contributed by atoms with E-state index in [9.17, 15) is 18.3 Å². The highest BCUT2D eigenvalue weighted by Crippen LogP contribution is 2.35. The molecule has 1 aliphatic carbocycles. The summed E-state index contributed by atoms with van der Waals surface area (Å²) in [5, 5.41) is 11.5. The number of nitrogens with zero attached hydrogens (tertiary/aromatic N) is 2. The Hall–Kier alpha value is -2.44. The van der Waals surface area contributed by atoms with Crippen LogP contribution in [0.3, 0.4) is 0 Å². The smallest absolute Gasteiger partial charge is 0.288 e. The number of carbonyl (C=O) groups is 1. The fourth-order valence-corrected chi connectivity index (χ4v) is 7.29. The average molecular weight is 579 g/mol. The molecule has 2 heterocycles. The van der Waals surface area contributed by atoms with Crippen LogP contribution in [-0.4, -0.2) is 81.4 Å². The minimum absolute atomic E-state index is 0.0213. The van der Waals surface area contributed by atoms with Crippen molar-refractivity contribution >= 4 is 27.3 Å². The highest BCUT2D eigenvalue weighted by atomic mass is 32.2. The fourth-order valence-electron chi connectivity index (χ4n) is 5.07. The highest BCUT2D eigenvalue weighted by molar-refractivity contribution is 7.89. The number of amides is 1. The quantitative estimate of drug-likeness (QED) is 0.406. The first kappa shape index (κ1) is 29.5. The van der Waals surface area contributed by atoms with Gasteiger partial charge in [-0.05, 0) is 54.6 Å². The minimum atomic E-state index is -3.86. The summed E-state index contributed by atoms with van der Waals surface area (Å²) < 4.78 is 44.8. The van der Waals surface area contributed by atoms with E-state index in [4.69, 9.17) is 14.2 Å². The van der Waals surface area contributed by atoms with Crippen molar-refractivity contribution in [2.24, 2.45) is 0 Å². The second-order valence-corrected chi connectivity index (χ2v) is 12.7. The van der Waals surface area contributed by atoms with E-state index in [1.807, 2.05) is 30.6 Å². The number of carbonyl (C=O) groups excluding carboxylic acids is 1. The van der Waals surface area contributed by atoms with Crippen molar-refractivity contribution in [2.75, 3.05) is 40.5 Å². The second kappa shape index (κ2) is 13.8. The molecule has 0 radical (unpaired) electrons. The van der Waals surface area contributed by atoms with E-state index in [-0.39, 0.29) is 54.8 Å². The Morgan fingerprint density at radius 1 is 1.13 bits per heavy atom. The summed E-state index contributed by atoms with van der Waals surface area (Å²) in [6.07, 6.45) is 7.12. The Balaban J connectivity index is 1.43. The molecule has 11 heteroatoms. The van der Waals surface area contributed by atoms with Gasteiger partial charge in [-0.2, -0.15) is 4.31 Å². The van der Waals surface area contributed by atoms with Gasteiger partial charge in [0.1, 0.15) is 5.75 Å². The van der Waals surface area contributed by atoms with Crippen LogP contribution in [0.4, 0.5) is 0 Å². The van der Waals surface area contributed by atoms with Crippen LogP contribution in [0, 0.1) is 0 Å². The summed E-state index contributed by atoms with van der Waals surface area (Å²) in [4.78, 5) is 16.4. The molecule has 1 aromatic carbocycles. The molecule has 0 bridgehead atoms. The molecule has 1 saturated carbocycles. The zero-order chi connectivity index (χ0) is 27.8. The lowest BCUT2D eigenvalue weighted by molar-refractivity contribution is -0.153. The lowest BCUT2D eigenvalue weighted by Gasteiger charge is -2.34. The van der Waals surface area contributed by atoms with Gasteiger partial charge in [0.15, 0.2) is 5.76 Å². The SMILES string of the molecule is COc1ccc(S(=O)(=O)N(CCO)CCO[C@H]2C[C@@H](c3cccs3)C=C(C(=O)N(C)C3CCCCC3)O2)cc1. The zero-order valence-electron chi connectivity index (χ0n) is 22.5. The number of rotatable bonds is 12. The van der Waals surface area contributed by atoms with E-state index in [1.54, 1.807) is 28.4 Å². The first-order valence-electron chi connectivity index (χ1n) is 13.4.